The van der Waals surface area contributed by atoms with Crippen molar-refractivity contribution in [2.75, 3.05) is 0 Å². The van der Waals surface area contributed by atoms with Crippen molar-refractivity contribution in [1.82, 2.24) is 5.32 Å². The molecule has 114 valence electrons. The lowest BCUT2D eigenvalue weighted by molar-refractivity contribution is -0.385. The van der Waals surface area contributed by atoms with Gasteiger partial charge < -0.3 is 5.32 Å². The predicted octanol–water partition coefficient (Wildman–Crippen LogP) is 4.16. The zero-order chi connectivity index (χ0) is 16.3. The zero-order valence-electron chi connectivity index (χ0n) is 12.2. The summed E-state index contributed by atoms with van der Waals surface area (Å²) in [6, 6.07) is 11.9. The van der Waals surface area contributed by atoms with Crippen LogP contribution < -0.4 is 5.32 Å². The van der Waals surface area contributed by atoms with Gasteiger partial charge in [0.25, 0.3) is 11.6 Å². The minimum absolute atomic E-state index is 0.0116. The van der Waals surface area contributed by atoms with E-state index >= 15 is 0 Å². The average Bonchev–Trinajstić information content (AvgIpc) is 2.47. The molecule has 6 heteroatoms. The lowest BCUT2D eigenvalue weighted by Gasteiger charge is -2.14. The van der Waals surface area contributed by atoms with Crippen molar-refractivity contribution in [2.24, 2.45) is 0 Å². The lowest BCUT2D eigenvalue weighted by Crippen LogP contribution is -2.26. The van der Waals surface area contributed by atoms with Crippen LogP contribution in [0.2, 0.25) is 0 Å². The van der Waals surface area contributed by atoms with Gasteiger partial charge in [-0.1, -0.05) is 28.1 Å². The quantitative estimate of drug-likeness (QED) is 0.655. The number of carbonyl (C=O) groups excluding carboxylic acids is 1. The first-order valence-electron chi connectivity index (χ1n) is 6.70. The van der Waals surface area contributed by atoms with Crippen LogP contribution in [0.1, 0.15) is 34.5 Å². The minimum atomic E-state index is -0.457. The molecule has 1 unspecified atom stereocenters. The number of hydrogen-bond acceptors (Lipinski definition) is 3. The molecule has 0 bridgehead atoms. The molecule has 2 aromatic carbocycles. The van der Waals surface area contributed by atoms with E-state index in [4.69, 9.17) is 0 Å². The predicted molar refractivity (Wildman–Crippen MR) is 87.9 cm³/mol. The number of halogens is 1. The smallest absolute Gasteiger partial charge is 0.272 e. The van der Waals surface area contributed by atoms with Gasteiger partial charge in [0.2, 0.25) is 0 Å². The Hall–Kier alpha value is -2.21. The maximum Gasteiger partial charge on any atom is 0.272 e. The Labute approximate surface area is 136 Å². The van der Waals surface area contributed by atoms with Gasteiger partial charge in [0.1, 0.15) is 0 Å². The third-order valence-corrected chi connectivity index (χ3v) is 3.90. The molecule has 0 aliphatic heterocycles. The molecule has 5 nitrogen and oxygen atoms in total. The highest BCUT2D eigenvalue weighted by atomic mass is 79.9. The third-order valence-electron chi connectivity index (χ3n) is 3.37. The van der Waals surface area contributed by atoms with E-state index in [1.807, 2.05) is 31.2 Å². The van der Waals surface area contributed by atoms with E-state index in [1.165, 1.54) is 18.2 Å². The van der Waals surface area contributed by atoms with Crippen LogP contribution in [0.25, 0.3) is 0 Å². The second-order valence-corrected chi connectivity index (χ2v) is 5.92. The van der Waals surface area contributed by atoms with Crippen LogP contribution in [0.5, 0.6) is 0 Å². The molecule has 1 N–H and O–H groups in total. The van der Waals surface area contributed by atoms with E-state index in [0.717, 1.165) is 10.0 Å². The first-order chi connectivity index (χ1) is 10.4. The van der Waals surface area contributed by atoms with E-state index in [1.54, 1.807) is 6.92 Å². The van der Waals surface area contributed by atoms with Crippen molar-refractivity contribution in [2.45, 2.75) is 19.9 Å². The molecule has 2 rings (SSSR count). The molecule has 0 radical (unpaired) electrons. The molecule has 0 heterocycles. The maximum absolute atomic E-state index is 12.2. The number of nitrogens with zero attached hydrogens (tertiary/aromatic N) is 1. The lowest BCUT2D eigenvalue weighted by atomic mass is 10.1. The number of rotatable bonds is 4. The highest BCUT2D eigenvalue weighted by molar-refractivity contribution is 9.10. The van der Waals surface area contributed by atoms with Crippen LogP contribution in [0.15, 0.2) is 46.9 Å². The van der Waals surface area contributed by atoms with Gasteiger partial charge in [-0.15, -0.1) is 0 Å². The summed E-state index contributed by atoms with van der Waals surface area (Å²) >= 11 is 3.37. The van der Waals surface area contributed by atoms with Crippen LogP contribution in [0, 0.1) is 17.0 Å². The van der Waals surface area contributed by atoms with Gasteiger partial charge in [-0.2, -0.15) is 0 Å². The minimum Gasteiger partial charge on any atom is -0.346 e. The maximum atomic E-state index is 12.2. The van der Waals surface area contributed by atoms with Gasteiger partial charge >= 0.3 is 0 Å². The average molecular weight is 363 g/mol. The summed E-state index contributed by atoms with van der Waals surface area (Å²) < 4.78 is 0.973. The van der Waals surface area contributed by atoms with Crippen LogP contribution in [-0.4, -0.2) is 10.8 Å². The number of hydrogen-bond donors (Lipinski definition) is 1. The highest BCUT2D eigenvalue weighted by Crippen LogP contribution is 2.20. The Kier molecular flexibility index (Phi) is 4.92. The molecule has 0 spiro atoms. The molecule has 0 saturated heterocycles. The highest BCUT2D eigenvalue weighted by Gasteiger charge is 2.15. The van der Waals surface area contributed by atoms with E-state index in [-0.39, 0.29) is 17.6 Å². The Morgan fingerprint density at radius 2 is 1.86 bits per heavy atom. The van der Waals surface area contributed by atoms with Gasteiger partial charge in [0.05, 0.1) is 11.0 Å². The molecule has 0 saturated carbocycles. The number of carbonyl (C=O) groups is 1. The number of nitrogens with one attached hydrogen (secondary N) is 1. The van der Waals surface area contributed by atoms with Crippen molar-refractivity contribution in [3.8, 4) is 0 Å². The number of nitro groups is 1. The van der Waals surface area contributed by atoms with Crippen molar-refractivity contribution < 1.29 is 9.72 Å². The van der Waals surface area contributed by atoms with E-state index < -0.39 is 4.92 Å². The summed E-state index contributed by atoms with van der Waals surface area (Å²) in [6.07, 6.45) is 0. The zero-order valence-corrected chi connectivity index (χ0v) is 13.8. The molecular weight excluding hydrogens is 348 g/mol. The third kappa shape index (κ3) is 3.71. The first-order valence-corrected chi connectivity index (χ1v) is 7.49. The standard InChI is InChI=1S/C16H15BrN2O3/c1-10-9-13(5-8-15(10)19(21)22)16(20)18-11(2)12-3-6-14(17)7-4-12/h3-9,11H,1-2H3,(H,18,20). The fraction of sp³-hybridized carbons (Fsp3) is 0.188. The fourth-order valence-electron chi connectivity index (χ4n) is 2.12. The summed E-state index contributed by atoms with van der Waals surface area (Å²) in [5, 5.41) is 13.7. The number of aryl methyl sites for hydroxylation is 1. The molecule has 0 fully saturated rings. The van der Waals surface area contributed by atoms with Gasteiger partial charge in [-0.3, -0.25) is 14.9 Å². The molecule has 2 aromatic rings. The van der Waals surface area contributed by atoms with Crippen LogP contribution >= 0.6 is 15.9 Å². The van der Waals surface area contributed by atoms with Gasteiger partial charge in [-0.25, -0.2) is 0 Å². The second kappa shape index (κ2) is 6.70. The summed E-state index contributed by atoms with van der Waals surface area (Å²) in [7, 11) is 0. The number of amides is 1. The van der Waals surface area contributed by atoms with Crippen LogP contribution in [0.3, 0.4) is 0 Å². The Bertz CT molecular complexity index is 714. The Morgan fingerprint density at radius 1 is 1.23 bits per heavy atom. The molecule has 1 amide bonds. The van der Waals surface area contributed by atoms with Crippen molar-refractivity contribution in [1.29, 1.82) is 0 Å². The van der Waals surface area contributed by atoms with Crippen LogP contribution in [0.4, 0.5) is 5.69 Å². The summed E-state index contributed by atoms with van der Waals surface area (Å²) in [5.41, 5.74) is 1.87. The Balaban J connectivity index is 2.13. The Morgan fingerprint density at radius 3 is 2.41 bits per heavy atom. The SMILES string of the molecule is Cc1cc(C(=O)NC(C)c2ccc(Br)cc2)ccc1[N+](=O)[O-]. The van der Waals surface area contributed by atoms with Crippen molar-refractivity contribution in [3.05, 3.63) is 73.7 Å². The molecule has 0 aliphatic carbocycles. The van der Waals surface area contributed by atoms with E-state index in [9.17, 15) is 14.9 Å². The van der Waals surface area contributed by atoms with E-state index in [0.29, 0.717) is 11.1 Å². The molecule has 0 aliphatic rings. The molecule has 0 aromatic heterocycles. The summed E-state index contributed by atoms with van der Waals surface area (Å²) in [5.74, 6) is -0.256. The van der Waals surface area contributed by atoms with Crippen molar-refractivity contribution >= 4 is 27.5 Å². The summed E-state index contributed by atoms with van der Waals surface area (Å²) in [6.45, 7) is 3.51. The van der Waals surface area contributed by atoms with Gasteiger partial charge in [-0.05, 0) is 43.7 Å². The molecular formula is C16H15BrN2O3. The first kappa shape index (κ1) is 16.2. The van der Waals surface area contributed by atoms with Gasteiger partial charge in [0, 0.05) is 21.7 Å². The summed E-state index contributed by atoms with van der Waals surface area (Å²) in [4.78, 5) is 22.6. The second-order valence-electron chi connectivity index (χ2n) is 5.01. The largest absolute Gasteiger partial charge is 0.346 e. The molecule has 1 atom stereocenters. The topological polar surface area (TPSA) is 72.2 Å². The normalized spacial score (nSPS) is 11.8. The number of benzene rings is 2. The molecule has 22 heavy (non-hydrogen) atoms. The fourth-order valence-corrected chi connectivity index (χ4v) is 2.38. The van der Waals surface area contributed by atoms with E-state index in [2.05, 4.69) is 21.2 Å². The monoisotopic (exact) mass is 362 g/mol. The van der Waals surface area contributed by atoms with Crippen LogP contribution in [-0.2, 0) is 0 Å². The van der Waals surface area contributed by atoms with Crippen molar-refractivity contribution in [3.63, 3.8) is 0 Å². The number of nitro benzene ring substituents is 1. The van der Waals surface area contributed by atoms with Gasteiger partial charge in [0.15, 0.2) is 0 Å².